The van der Waals surface area contributed by atoms with E-state index in [1.165, 1.54) is 6.33 Å². The number of nitrogens with zero attached hydrogens (tertiary/aromatic N) is 4. The van der Waals surface area contributed by atoms with Crippen LogP contribution in [0.15, 0.2) is 17.7 Å². The molecule has 0 fully saturated rings. The molecular formula is C9H11N5O. The highest BCUT2D eigenvalue weighted by Gasteiger charge is 2.15. The standard InChI is InChI=1S/C9H11N5O/c1-5(2)14-3-6(13-15)7-8(10)11-4-12-9(7)14/h3-5H,1-2H3,(H2,10,11,12). The third kappa shape index (κ3) is 1.34. The Kier molecular flexibility index (Phi) is 2.11. The molecule has 0 saturated carbocycles. The van der Waals surface area contributed by atoms with E-state index in [9.17, 15) is 4.91 Å². The third-order valence-electron chi connectivity index (χ3n) is 2.27. The number of fused-ring (bicyclic) bond motifs is 1. The Morgan fingerprint density at radius 1 is 1.47 bits per heavy atom. The second-order valence-corrected chi connectivity index (χ2v) is 3.56. The smallest absolute Gasteiger partial charge is 0.148 e. The van der Waals surface area contributed by atoms with Gasteiger partial charge in [0.25, 0.3) is 0 Å². The number of nitrogen functional groups attached to an aromatic ring is 1. The van der Waals surface area contributed by atoms with Gasteiger partial charge in [0.15, 0.2) is 0 Å². The molecule has 2 rings (SSSR count). The first-order valence-electron chi connectivity index (χ1n) is 4.59. The molecule has 6 heteroatoms. The SMILES string of the molecule is CC(C)n1cc(N=O)c2c(N)ncnc21. The molecule has 0 saturated heterocycles. The lowest BCUT2D eigenvalue weighted by atomic mass is 10.3. The van der Waals surface area contributed by atoms with Crippen LogP contribution < -0.4 is 5.73 Å². The van der Waals surface area contributed by atoms with Gasteiger partial charge >= 0.3 is 0 Å². The van der Waals surface area contributed by atoms with Crippen LogP contribution in [0.3, 0.4) is 0 Å². The fraction of sp³-hybridized carbons (Fsp3) is 0.333. The molecule has 6 nitrogen and oxygen atoms in total. The topological polar surface area (TPSA) is 86.2 Å². The lowest BCUT2D eigenvalue weighted by Crippen LogP contribution is -2.00. The van der Waals surface area contributed by atoms with Crippen molar-refractivity contribution in [1.29, 1.82) is 0 Å². The van der Waals surface area contributed by atoms with Gasteiger partial charge in [0.2, 0.25) is 0 Å². The van der Waals surface area contributed by atoms with Crippen LogP contribution in [-0.2, 0) is 0 Å². The predicted molar refractivity (Wildman–Crippen MR) is 57.8 cm³/mol. The van der Waals surface area contributed by atoms with Gasteiger partial charge in [0.1, 0.15) is 23.5 Å². The molecule has 2 N–H and O–H groups in total. The van der Waals surface area contributed by atoms with Crippen LogP contribution >= 0.6 is 0 Å². The highest BCUT2D eigenvalue weighted by atomic mass is 16.3. The van der Waals surface area contributed by atoms with Crippen molar-refractivity contribution < 1.29 is 0 Å². The van der Waals surface area contributed by atoms with Crippen molar-refractivity contribution in [3.8, 4) is 0 Å². The van der Waals surface area contributed by atoms with Crippen molar-refractivity contribution in [3.05, 3.63) is 17.4 Å². The van der Waals surface area contributed by atoms with Crippen LogP contribution in [0.4, 0.5) is 11.5 Å². The Bertz CT molecular complexity index is 516. The molecule has 0 aliphatic rings. The van der Waals surface area contributed by atoms with Crippen molar-refractivity contribution in [2.45, 2.75) is 19.9 Å². The van der Waals surface area contributed by atoms with Crippen LogP contribution in [0.2, 0.25) is 0 Å². The number of nitrogens with two attached hydrogens (primary N) is 1. The van der Waals surface area contributed by atoms with E-state index in [0.29, 0.717) is 11.0 Å². The summed E-state index contributed by atoms with van der Waals surface area (Å²) in [7, 11) is 0. The van der Waals surface area contributed by atoms with Crippen molar-refractivity contribution in [1.82, 2.24) is 14.5 Å². The minimum Gasteiger partial charge on any atom is -0.383 e. The van der Waals surface area contributed by atoms with Gasteiger partial charge in [-0.15, -0.1) is 4.91 Å². The fourth-order valence-corrected chi connectivity index (χ4v) is 1.55. The maximum Gasteiger partial charge on any atom is 0.148 e. The largest absolute Gasteiger partial charge is 0.383 e. The van der Waals surface area contributed by atoms with E-state index in [2.05, 4.69) is 15.1 Å². The van der Waals surface area contributed by atoms with Crippen LogP contribution in [0.1, 0.15) is 19.9 Å². The Labute approximate surface area is 86.1 Å². The number of rotatable bonds is 2. The van der Waals surface area contributed by atoms with Gasteiger partial charge in [-0.25, -0.2) is 9.97 Å². The van der Waals surface area contributed by atoms with E-state index < -0.39 is 0 Å². The summed E-state index contributed by atoms with van der Waals surface area (Å²) in [6, 6.07) is 0.192. The highest BCUT2D eigenvalue weighted by Crippen LogP contribution is 2.31. The number of nitroso groups, excluding NO2 is 1. The summed E-state index contributed by atoms with van der Waals surface area (Å²) in [5.41, 5.74) is 6.62. The zero-order valence-corrected chi connectivity index (χ0v) is 8.51. The number of anilines is 1. The lowest BCUT2D eigenvalue weighted by Gasteiger charge is -2.07. The second kappa shape index (κ2) is 3.30. The van der Waals surface area contributed by atoms with E-state index in [0.717, 1.165) is 0 Å². The monoisotopic (exact) mass is 205 g/mol. The zero-order valence-electron chi connectivity index (χ0n) is 8.51. The van der Waals surface area contributed by atoms with Gasteiger partial charge in [0.05, 0.1) is 5.39 Å². The molecule has 0 atom stereocenters. The molecule has 0 unspecified atom stereocenters. The average molecular weight is 205 g/mol. The number of hydrogen-bond acceptors (Lipinski definition) is 5. The van der Waals surface area contributed by atoms with Crippen molar-refractivity contribution in [3.63, 3.8) is 0 Å². The van der Waals surface area contributed by atoms with E-state index in [-0.39, 0.29) is 17.5 Å². The van der Waals surface area contributed by atoms with Crippen LogP contribution in [0.25, 0.3) is 11.0 Å². The Hall–Kier alpha value is -1.98. The lowest BCUT2D eigenvalue weighted by molar-refractivity contribution is 0.618. The Morgan fingerprint density at radius 2 is 2.20 bits per heavy atom. The molecule has 0 amide bonds. The van der Waals surface area contributed by atoms with Gasteiger partial charge in [0, 0.05) is 12.2 Å². The first kappa shape index (κ1) is 9.57. The Balaban J connectivity index is 2.87. The molecule has 15 heavy (non-hydrogen) atoms. The third-order valence-corrected chi connectivity index (χ3v) is 2.27. The summed E-state index contributed by atoms with van der Waals surface area (Å²) in [6.07, 6.45) is 3.03. The Morgan fingerprint density at radius 3 is 2.80 bits per heavy atom. The van der Waals surface area contributed by atoms with Gasteiger partial charge in [-0.05, 0) is 19.0 Å². The summed E-state index contributed by atoms with van der Waals surface area (Å²) >= 11 is 0. The molecule has 0 aromatic carbocycles. The summed E-state index contributed by atoms with van der Waals surface area (Å²) < 4.78 is 1.85. The quantitative estimate of drug-likeness (QED) is 0.759. The molecule has 2 heterocycles. The molecule has 0 aliphatic heterocycles. The molecular weight excluding hydrogens is 194 g/mol. The number of hydrogen-bond donors (Lipinski definition) is 1. The van der Waals surface area contributed by atoms with Crippen molar-refractivity contribution >= 4 is 22.5 Å². The van der Waals surface area contributed by atoms with Crippen LogP contribution in [-0.4, -0.2) is 14.5 Å². The van der Waals surface area contributed by atoms with E-state index in [4.69, 9.17) is 5.73 Å². The summed E-state index contributed by atoms with van der Waals surface area (Å²) in [5, 5.41) is 3.46. The van der Waals surface area contributed by atoms with Crippen molar-refractivity contribution in [2.24, 2.45) is 5.18 Å². The first-order chi connectivity index (χ1) is 7.15. The molecule has 2 aromatic heterocycles. The van der Waals surface area contributed by atoms with E-state index in [1.54, 1.807) is 6.20 Å². The molecule has 0 aliphatic carbocycles. The van der Waals surface area contributed by atoms with Crippen LogP contribution in [0, 0.1) is 4.91 Å². The summed E-state index contributed by atoms with van der Waals surface area (Å²) in [5.74, 6) is 0.286. The average Bonchev–Trinajstić information content (AvgIpc) is 2.58. The molecule has 0 spiro atoms. The van der Waals surface area contributed by atoms with Gasteiger partial charge in [-0.1, -0.05) is 0 Å². The van der Waals surface area contributed by atoms with E-state index >= 15 is 0 Å². The van der Waals surface area contributed by atoms with Gasteiger partial charge < -0.3 is 10.3 Å². The highest BCUT2D eigenvalue weighted by molar-refractivity contribution is 5.96. The molecule has 78 valence electrons. The minimum atomic E-state index is 0.192. The normalized spacial score (nSPS) is 11.1. The molecule has 2 aromatic rings. The molecule has 0 bridgehead atoms. The van der Waals surface area contributed by atoms with Crippen molar-refractivity contribution in [2.75, 3.05) is 5.73 Å². The number of aromatic nitrogens is 3. The minimum absolute atomic E-state index is 0.192. The fourth-order valence-electron chi connectivity index (χ4n) is 1.55. The first-order valence-corrected chi connectivity index (χ1v) is 4.59. The van der Waals surface area contributed by atoms with Crippen LogP contribution in [0.5, 0.6) is 0 Å². The maximum atomic E-state index is 10.6. The molecule has 0 radical (unpaired) electrons. The zero-order chi connectivity index (χ0) is 11.0. The maximum absolute atomic E-state index is 10.6. The second-order valence-electron chi connectivity index (χ2n) is 3.56. The summed E-state index contributed by atoms with van der Waals surface area (Å²) in [4.78, 5) is 18.6. The summed E-state index contributed by atoms with van der Waals surface area (Å²) in [6.45, 7) is 3.98. The van der Waals surface area contributed by atoms with Gasteiger partial charge in [-0.2, -0.15) is 0 Å². The van der Waals surface area contributed by atoms with Gasteiger partial charge in [-0.3, -0.25) is 0 Å². The predicted octanol–water partition coefficient (Wildman–Crippen LogP) is 1.99. The van der Waals surface area contributed by atoms with E-state index in [1.807, 2.05) is 18.4 Å².